The van der Waals surface area contributed by atoms with Crippen LogP contribution in [-0.4, -0.2) is 10.9 Å². The molecule has 0 radical (unpaired) electrons. The first-order valence-corrected chi connectivity index (χ1v) is 5.05. The Morgan fingerprint density at radius 1 is 1.75 bits per heavy atom. The van der Waals surface area contributed by atoms with Gasteiger partial charge < -0.3 is 9.84 Å². The minimum atomic E-state index is -0.0878. The molecule has 16 heavy (non-hydrogen) atoms. The van der Waals surface area contributed by atoms with E-state index in [9.17, 15) is 4.79 Å². The fourth-order valence-corrected chi connectivity index (χ4v) is 1.30. The smallest absolute Gasteiger partial charge is 0.177 e. The van der Waals surface area contributed by atoms with E-state index in [4.69, 9.17) is 9.78 Å². The van der Waals surface area contributed by atoms with E-state index in [-0.39, 0.29) is 17.3 Å². The first kappa shape index (κ1) is 10.4. The van der Waals surface area contributed by atoms with Gasteiger partial charge in [0.25, 0.3) is 0 Å². The molecule has 1 saturated carbocycles. The number of anilines is 1. The van der Waals surface area contributed by atoms with Crippen LogP contribution in [0.1, 0.15) is 18.6 Å². The van der Waals surface area contributed by atoms with Gasteiger partial charge >= 0.3 is 0 Å². The van der Waals surface area contributed by atoms with Crippen molar-refractivity contribution in [3.8, 4) is 6.07 Å². The molecule has 0 bridgehead atoms. The largest absolute Gasteiger partial charge is 0.360 e. The van der Waals surface area contributed by atoms with Crippen LogP contribution in [0, 0.1) is 24.2 Å². The summed E-state index contributed by atoms with van der Waals surface area (Å²) in [7, 11) is 0. The van der Waals surface area contributed by atoms with Crippen LogP contribution in [0.25, 0.3) is 0 Å². The van der Waals surface area contributed by atoms with Crippen LogP contribution in [0.5, 0.6) is 0 Å². The highest BCUT2D eigenvalue weighted by Gasteiger charge is 2.31. The molecule has 82 valence electrons. The van der Waals surface area contributed by atoms with E-state index in [0.29, 0.717) is 11.6 Å². The Bertz CT molecular complexity index is 478. The van der Waals surface area contributed by atoms with Crippen LogP contribution in [0.2, 0.25) is 0 Å². The Balaban J connectivity index is 2.04. The van der Waals surface area contributed by atoms with Crippen molar-refractivity contribution in [2.45, 2.75) is 19.8 Å². The van der Waals surface area contributed by atoms with Crippen molar-refractivity contribution in [1.29, 1.82) is 5.26 Å². The molecule has 1 heterocycles. The standard InChI is InChI=1S/C11H11N3O2/c1-7-4-10(14-16-7)13-6-9(5-12)11(15)8-2-3-8/h4,6,8H,2-3H2,1H3,(H,13,14)/b9-6-. The number of nitrogens with one attached hydrogen (secondary N) is 1. The van der Waals surface area contributed by atoms with Gasteiger partial charge in [0, 0.05) is 18.2 Å². The number of hydrogen-bond donors (Lipinski definition) is 1. The predicted molar refractivity (Wildman–Crippen MR) is 56.3 cm³/mol. The summed E-state index contributed by atoms with van der Waals surface area (Å²) in [6.07, 6.45) is 3.17. The number of ketones is 1. The maximum Gasteiger partial charge on any atom is 0.177 e. The summed E-state index contributed by atoms with van der Waals surface area (Å²) in [5.41, 5.74) is 0.142. The second kappa shape index (κ2) is 4.19. The molecule has 5 heteroatoms. The van der Waals surface area contributed by atoms with Gasteiger partial charge in [-0.2, -0.15) is 5.26 Å². The molecular weight excluding hydrogens is 206 g/mol. The van der Waals surface area contributed by atoms with E-state index in [1.54, 1.807) is 13.0 Å². The maximum atomic E-state index is 11.6. The van der Waals surface area contributed by atoms with Crippen LogP contribution in [0.15, 0.2) is 22.4 Å². The number of hydrogen-bond acceptors (Lipinski definition) is 5. The number of carbonyl (C=O) groups excluding carboxylic acids is 1. The Morgan fingerprint density at radius 3 is 3.00 bits per heavy atom. The van der Waals surface area contributed by atoms with E-state index < -0.39 is 0 Å². The maximum absolute atomic E-state index is 11.6. The molecule has 1 fully saturated rings. The van der Waals surface area contributed by atoms with Crippen LogP contribution in [0.4, 0.5) is 5.82 Å². The summed E-state index contributed by atoms with van der Waals surface area (Å²) in [4.78, 5) is 11.6. The molecule has 0 saturated heterocycles. The van der Waals surface area contributed by atoms with Crippen LogP contribution in [0.3, 0.4) is 0 Å². The molecule has 0 amide bonds. The lowest BCUT2D eigenvalue weighted by atomic mass is 10.1. The van der Waals surface area contributed by atoms with Crippen LogP contribution >= 0.6 is 0 Å². The van der Waals surface area contributed by atoms with E-state index in [2.05, 4.69) is 10.5 Å². The van der Waals surface area contributed by atoms with Crippen molar-refractivity contribution in [2.75, 3.05) is 5.32 Å². The van der Waals surface area contributed by atoms with E-state index in [1.165, 1.54) is 6.20 Å². The molecule has 1 N–H and O–H groups in total. The lowest BCUT2D eigenvalue weighted by molar-refractivity contribution is -0.116. The van der Waals surface area contributed by atoms with Gasteiger partial charge in [-0.3, -0.25) is 4.79 Å². The molecule has 0 atom stereocenters. The van der Waals surface area contributed by atoms with Crippen molar-refractivity contribution in [2.24, 2.45) is 5.92 Å². The quantitative estimate of drug-likeness (QED) is 0.614. The summed E-state index contributed by atoms with van der Waals surface area (Å²) in [5, 5.41) is 15.3. The fourth-order valence-electron chi connectivity index (χ4n) is 1.30. The van der Waals surface area contributed by atoms with E-state index >= 15 is 0 Å². The molecule has 1 aliphatic rings. The van der Waals surface area contributed by atoms with Crippen LogP contribution in [-0.2, 0) is 4.79 Å². The lowest BCUT2D eigenvalue weighted by Crippen LogP contribution is -2.05. The average molecular weight is 217 g/mol. The SMILES string of the molecule is Cc1cc(N/C=C(/C#N)C(=O)C2CC2)no1. The summed E-state index contributed by atoms with van der Waals surface area (Å²) >= 11 is 0. The molecule has 1 aromatic rings. The Kier molecular flexibility index (Phi) is 2.73. The zero-order valence-electron chi connectivity index (χ0n) is 8.86. The first-order valence-electron chi connectivity index (χ1n) is 5.05. The number of Topliss-reactive ketones (excluding diaryl/α,β-unsaturated/α-hetero) is 1. The van der Waals surface area contributed by atoms with Gasteiger partial charge in [0.1, 0.15) is 17.4 Å². The highest BCUT2D eigenvalue weighted by molar-refractivity contribution is 6.02. The van der Waals surface area contributed by atoms with Crippen molar-refractivity contribution in [3.05, 3.63) is 23.6 Å². The summed E-state index contributed by atoms with van der Waals surface area (Å²) < 4.78 is 4.84. The Morgan fingerprint density at radius 2 is 2.50 bits per heavy atom. The number of aryl methyl sites for hydroxylation is 1. The zero-order valence-corrected chi connectivity index (χ0v) is 8.86. The van der Waals surface area contributed by atoms with Gasteiger partial charge in [0.05, 0.1) is 0 Å². The lowest BCUT2D eigenvalue weighted by Gasteiger charge is -1.96. The Labute approximate surface area is 92.7 Å². The third-order valence-electron chi connectivity index (χ3n) is 2.33. The normalized spacial score (nSPS) is 15.6. The van der Waals surface area contributed by atoms with Crippen molar-refractivity contribution < 1.29 is 9.32 Å². The molecule has 0 aromatic carbocycles. The summed E-state index contributed by atoms with van der Waals surface area (Å²) in [6, 6.07) is 3.58. The second-order valence-corrected chi connectivity index (χ2v) is 3.78. The molecule has 0 aliphatic heterocycles. The van der Waals surface area contributed by atoms with Gasteiger partial charge in [-0.1, -0.05) is 5.16 Å². The van der Waals surface area contributed by atoms with Gasteiger partial charge in [-0.25, -0.2) is 0 Å². The first-order chi connectivity index (χ1) is 7.70. The van der Waals surface area contributed by atoms with Crippen LogP contribution < -0.4 is 5.32 Å². The predicted octanol–water partition coefficient (Wildman–Crippen LogP) is 1.78. The molecular formula is C11H11N3O2. The monoisotopic (exact) mass is 217 g/mol. The van der Waals surface area contributed by atoms with Gasteiger partial charge in [-0.05, 0) is 19.8 Å². The third-order valence-corrected chi connectivity index (χ3v) is 2.33. The fraction of sp³-hybridized carbons (Fsp3) is 0.364. The molecule has 0 unspecified atom stereocenters. The molecule has 0 spiro atoms. The highest BCUT2D eigenvalue weighted by Crippen LogP contribution is 2.32. The zero-order chi connectivity index (χ0) is 11.5. The number of aromatic nitrogens is 1. The number of nitriles is 1. The second-order valence-electron chi connectivity index (χ2n) is 3.78. The topological polar surface area (TPSA) is 78.9 Å². The van der Waals surface area contributed by atoms with Gasteiger partial charge in [0.2, 0.25) is 0 Å². The number of rotatable bonds is 4. The number of allylic oxidation sites excluding steroid dienone is 1. The minimum Gasteiger partial charge on any atom is -0.360 e. The summed E-state index contributed by atoms with van der Waals surface area (Å²) in [5.74, 6) is 1.12. The van der Waals surface area contributed by atoms with E-state index in [1.807, 2.05) is 6.07 Å². The van der Waals surface area contributed by atoms with Crippen molar-refractivity contribution >= 4 is 11.6 Å². The Hall–Kier alpha value is -2.09. The molecule has 5 nitrogen and oxygen atoms in total. The summed E-state index contributed by atoms with van der Waals surface area (Å²) in [6.45, 7) is 1.77. The highest BCUT2D eigenvalue weighted by atomic mass is 16.5. The van der Waals surface area contributed by atoms with E-state index in [0.717, 1.165) is 12.8 Å². The third kappa shape index (κ3) is 2.28. The van der Waals surface area contributed by atoms with Gasteiger partial charge in [-0.15, -0.1) is 0 Å². The molecule has 1 aliphatic carbocycles. The number of carbonyl (C=O) groups is 1. The molecule has 2 rings (SSSR count). The molecule has 1 aromatic heterocycles. The average Bonchev–Trinajstić information content (AvgIpc) is 3.04. The van der Waals surface area contributed by atoms with Gasteiger partial charge in [0.15, 0.2) is 11.6 Å². The number of nitrogens with zero attached hydrogens (tertiary/aromatic N) is 2. The van der Waals surface area contributed by atoms with Crippen molar-refractivity contribution in [1.82, 2.24) is 5.16 Å². The minimum absolute atomic E-state index is 0.0479. The van der Waals surface area contributed by atoms with Crippen molar-refractivity contribution in [3.63, 3.8) is 0 Å².